The molecule has 4 nitrogen and oxygen atoms in total. The van der Waals surface area contributed by atoms with Gasteiger partial charge in [-0.25, -0.2) is 9.97 Å². The number of alkyl halides is 2. The molecule has 0 spiro atoms. The van der Waals surface area contributed by atoms with Crippen LogP contribution in [0.2, 0.25) is 0 Å². The van der Waals surface area contributed by atoms with Gasteiger partial charge in [-0.15, -0.1) is 0 Å². The number of amides is 1. The normalized spacial score (nSPS) is 10.2. The van der Waals surface area contributed by atoms with Crippen molar-refractivity contribution in [2.75, 3.05) is 5.32 Å². The predicted molar refractivity (Wildman–Crippen MR) is 36.6 cm³/mol. The molecule has 1 aromatic heterocycles. The van der Waals surface area contributed by atoms with Crippen molar-refractivity contribution in [3.63, 3.8) is 0 Å². The Kier molecular flexibility index (Phi) is 2.78. The first-order chi connectivity index (χ1) is 6.11. The Morgan fingerprint density at radius 1 is 1.38 bits per heavy atom. The summed E-state index contributed by atoms with van der Waals surface area (Å²) >= 11 is 0. The maximum atomic E-state index is 12.6. The Morgan fingerprint density at radius 3 is 2.54 bits per heavy atom. The van der Waals surface area contributed by atoms with Crippen molar-refractivity contribution in [3.8, 4) is 0 Å². The lowest BCUT2D eigenvalue weighted by Crippen LogP contribution is -2.21. The number of aromatic nitrogens is 2. The van der Waals surface area contributed by atoms with E-state index in [1.807, 2.05) is 0 Å². The van der Waals surface area contributed by atoms with Crippen LogP contribution in [0, 0.1) is 5.95 Å². The minimum Gasteiger partial charge on any atom is -0.302 e. The Bertz CT molecular complexity index is 318. The van der Waals surface area contributed by atoms with Crippen molar-refractivity contribution in [1.82, 2.24) is 9.97 Å². The lowest BCUT2D eigenvalue weighted by Gasteiger charge is -2.02. The third-order valence-electron chi connectivity index (χ3n) is 1.09. The van der Waals surface area contributed by atoms with E-state index in [4.69, 9.17) is 0 Å². The van der Waals surface area contributed by atoms with E-state index in [0.717, 1.165) is 12.4 Å². The van der Waals surface area contributed by atoms with Crippen molar-refractivity contribution >= 4 is 11.7 Å². The van der Waals surface area contributed by atoms with Gasteiger partial charge >= 0.3 is 6.43 Å². The third-order valence-corrected chi connectivity index (χ3v) is 1.09. The van der Waals surface area contributed by atoms with Crippen molar-refractivity contribution in [2.45, 2.75) is 6.43 Å². The van der Waals surface area contributed by atoms with Crippen LogP contribution in [0.5, 0.6) is 0 Å². The zero-order valence-corrected chi connectivity index (χ0v) is 6.17. The van der Waals surface area contributed by atoms with Crippen LogP contribution in [0.4, 0.5) is 19.0 Å². The molecule has 1 rings (SSSR count). The third kappa shape index (κ3) is 2.39. The monoisotopic (exact) mass is 191 g/mol. The molecule has 1 heterocycles. The van der Waals surface area contributed by atoms with E-state index in [0.29, 0.717) is 0 Å². The average Bonchev–Trinajstić information content (AvgIpc) is 2.08. The quantitative estimate of drug-likeness (QED) is 0.752. The summed E-state index contributed by atoms with van der Waals surface area (Å²) in [6.45, 7) is 0. The van der Waals surface area contributed by atoms with E-state index >= 15 is 0 Å². The number of hydrogen-bond acceptors (Lipinski definition) is 3. The Balaban J connectivity index is 2.75. The van der Waals surface area contributed by atoms with Crippen LogP contribution >= 0.6 is 0 Å². The molecular weight excluding hydrogens is 187 g/mol. The minimum atomic E-state index is -3.21. The molecule has 0 radical (unpaired) electrons. The summed E-state index contributed by atoms with van der Waals surface area (Å²) in [5, 5.41) is 1.57. The molecule has 70 valence electrons. The molecule has 0 aliphatic rings. The van der Waals surface area contributed by atoms with E-state index < -0.39 is 24.1 Å². The van der Waals surface area contributed by atoms with Crippen molar-refractivity contribution in [1.29, 1.82) is 0 Å². The van der Waals surface area contributed by atoms with Gasteiger partial charge in [0.1, 0.15) is 0 Å². The van der Waals surface area contributed by atoms with Crippen LogP contribution in [0.25, 0.3) is 0 Å². The highest BCUT2D eigenvalue weighted by Crippen LogP contribution is 2.06. The number of anilines is 1. The van der Waals surface area contributed by atoms with Crippen LogP contribution in [-0.2, 0) is 4.79 Å². The van der Waals surface area contributed by atoms with Gasteiger partial charge in [-0.05, 0) is 0 Å². The second kappa shape index (κ2) is 3.83. The summed E-state index contributed by atoms with van der Waals surface area (Å²) in [6, 6.07) is 0. The Morgan fingerprint density at radius 2 is 2.00 bits per heavy atom. The van der Waals surface area contributed by atoms with Crippen LogP contribution < -0.4 is 5.32 Å². The molecule has 0 bridgehead atoms. The smallest absolute Gasteiger partial charge is 0.302 e. The molecule has 0 aliphatic heterocycles. The summed E-state index contributed by atoms with van der Waals surface area (Å²) in [5.74, 6) is -3.32. The highest BCUT2D eigenvalue weighted by molar-refractivity contribution is 5.92. The van der Waals surface area contributed by atoms with Crippen LogP contribution in [0.3, 0.4) is 0 Å². The predicted octanol–water partition coefficient (Wildman–Crippen LogP) is 0.819. The fraction of sp³-hybridized carbons (Fsp3) is 0.167. The maximum Gasteiger partial charge on any atom is 0.315 e. The SMILES string of the molecule is O=C(Nc1nccnc1F)C(F)F. The molecule has 0 saturated carbocycles. The number of halogens is 3. The van der Waals surface area contributed by atoms with Crippen LogP contribution in [0.1, 0.15) is 0 Å². The number of nitrogens with zero attached hydrogens (tertiary/aromatic N) is 2. The highest BCUT2D eigenvalue weighted by atomic mass is 19.3. The molecule has 0 fully saturated rings. The van der Waals surface area contributed by atoms with Crippen molar-refractivity contribution in [2.24, 2.45) is 0 Å². The van der Waals surface area contributed by atoms with E-state index in [-0.39, 0.29) is 0 Å². The molecule has 0 saturated heterocycles. The summed E-state index contributed by atoms with van der Waals surface area (Å²) < 4.78 is 35.9. The van der Waals surface area contributed by atoms with Gasteiger partial charge in [-0.3, -0.25) is 4.79 Å². The molecule has 7 heteroatoms. The van der Waals surface area contributed by atoms with Gasteiger partial charge in [0.05, 0.1) is 0 Å². The van der Waals surface area contributed by atoms with Gasteiger partial charge in [0, 0.05) is 12.4 Å². The summed E-state index contributed by atoms with van der Waals surface area (Å²) in [7, 11) is 0. The standard InChI is InChI=1S/C6H4F3N3O/c7-3(8)6(13)12-5-4(9)10-1-2-11-5/h1-3H,(H,11,12,13). The topological polar surface area (TPSA) is 54.9 Å². The minimum absolute atomic E-state index is 0.604. The lowest BCUT2D eigenvalue weighted by atomic mass is 10.5. The molecule has 0 atom stereocenters. The first-order valence-electron chi connectivity index (χ1n) is 3.17. The van der Waals surface area contributed by atoms with Gasteiger partial charge < -0.3 is 5.32 Å². The Labute approximate surface area is 70.8 Å². The first kappa shape index (κ1) is 9.43. The highest BCUT2D eigenvalue weighted by Gasteiger charge is 2.17. The zero-order valence-electron chi connectivity index (χ0n) is 6.17. The second-order valence-corrected chi connectivity index (χ2v) is 1.99. The van der Waals surface area contributed by atoms with Gasteiger partial charge in [-0.2, -0.15) is 13.2 Å². The molecule has 0 unspecified atom stereocenters. The molecule has 0 aromatic carbocycles. The fourth-order valence-electron chi connectivity index (χ4n) is 0.576. The fourth-order valence-corrected chi connectivity index (χ4v) is 0.576. The average molecular weight is 191 g/mol. The molecule has 13 heavy (non-hydrogen) atoms. The summed E-state index contributed by atoms with van der Waals surface area (Å²) in [6.07, 6.45) is -1.10. The number of nitrogens with one attached hydrogen (secondary N) is 1. The zero-order chi connectivity index (χ0) is 9.84. The van der Waals surface area contributed by atoms with Crippen molar-refractivity contribution in [3.05, 3.63) is 18.3 Å². The van der Waals surface area contributed by atoms with E-state index in [9.17, 15) is 18.0 Å². The molecule has 1 amide bonds. The van der Waals surface area contributed by atoms with Crippen LogP contribution in [0.15, 0.2) is 12.4 Å². The number of carbonyl (C=O) groups excluding carboxylic acids is 1. The molecule has 1 N–H and O–H groups in total. The number of rotatable bonds is 2. The Hall–Kier alpha value is -1.66. The molecular formula is C6H4F3N3O. The van der Waals surface area contributed by atoms with Crippen LogP contribution in [-0.4, -0.2) is 22.3 Å². The first-order valence-corrected chi connectivity index (χ1v) is 3.17. The summed E-state index contributed by atoms with van der Waals surface area (Å²) in [5.41, 5.74) is 0. The van der Waals surface area contributed by atoms with Crippen molar-refractivity contribution < 1.29 is 18.0 Å². The maximum absolute atomic E-state index is 12.6. The van der Waals surface area contributed by atoms with E-state index in [1.165, 1.54) is 0 Å². The number of hydrogen-bond donors (Lipinski definition) is 1. The van der Waals surface area contributed by atoms with E-state index in [1.54, 1.807) is 5.32 Å². The molecule has 1 aromatic rings. The van der Waals surface area contributed by atoms with Gasteiger partial charge in [-0.1, -0.05) is 0 Å². The second-order valence-electron chi connectivity index (χ2n) is 1.99. The number of carbonyl (C=O) groups is 1. The van der Waals surface area contributed by atoms with Gasteiger partial charge in [0.25, 0.3) is 11.9 Å². The largest absolute Gasteiger partial charge is 0.315 e. The molecule has 0 aliphatic carbocycles. The van der Waals surface area contributed by atoms with Gasteiger partial charge in [0.2, 0.25) is 0 Å². The van der Waals surface area contributed by atoms with E-state index in [2.05, 4.69) is 9.97 Å². The van der Waals surface area contributed by atoms with Gasteiger partial charge in [0.15, 0.2) is 5.82 Å². The summed E-state index contributed by atoms with van der Waals surface area (Å²) in [4.78, 5) is 16.8. The lowest BCUT2D eigenvalue weighted by molar-refractivity contribution is -0.126.